The van der Waals surface area contributed by atoms with Crippen molar-refractivity contribution in [3.63, 3.8) is 0 Å². The molecule has 33 heavy (non-hydrogen) atoms. The van der Waals surface area contributed by atoms with E-state index in [0.717, 1.165) is 42.9 Å². The fourth-order valence-corrected chi connectivity index (χ4v) is 4.26. The van der Waals surface area contributed by atoms with Gasteiger partial charge in [-0.1, -0.05) is 34.1 Å². The van der Waals surface area contributed by atoms with Crippen LogP contribution in [0.15, 0.2) is 29.5 Å². The number of nitrogens with two attached hydrogens (primary N) is 1. The Bertz CT molecular complexity index is 991. The molecule has 0 radical (unpaired) electrons. The predicted octanol–water partition coefficient (Wildman–Crippen LogP) is 4.60. The van der Waals surface area contributed by atoms with Crippen LogP contribution in [0.2, 0.25) is 0 Å². The molecule has 0 saturated carbocycles. The Morgan fingerprint density at radius 2 is 2.12 bits per heavy atom. The normalized spacial score (nSPS) is 14.9. The summed E-state index contributed by atoms with van der Waals surface area (Å²) in [6.45, 7) is 11.7. The molecule has 3 N–H and O–H groups in total. The number of pyridine rings is 2. The second kappa shape index (κ2) is 11.1. The van der Waals surface area contributed by atoms with Crippen LogP contribution in [-0.4, -0.2) is 48.9 Å². The molecule has 0 spiro atoms. The summed E-state index contributed by atoms with van der Waals surface area (Å²) in [6, 6.07) is 3.57. The van der Waals surface area contributed by atoms with E-state index in [4.69, 9.17) is 5.73 Å². The number of nitrogens with one attached hydrogen (secondary N) is 1. The molecule has 0 bridgehead atoms. The Labute approximate surface area is 197 Å². The van der Waals surface area contributed by atoms with Crippen molar-refractivity contribution < 1.29 is 4.79 Å². The summed E-state index contributed by atoms with van der Waals surface area (Å²) in [5.74, 6) is 2.41. The number of nitrogen functional groups attached to an aromatic ring is 1. The summed E-state index contributed by atoms with van der Waals surface area (Å²) in [5, 5.41) is 2.88. The lowest BCUT2D eigenvalue weighted by Gasteiger charge is -2.31. The highest BCUT2D eigenvalue weighted by Crippen LogP contribution is 2.35. The first kappa shape index (κ1) is 24.5. The van der Waals surface area contributed by atoms with Gasteiger partial charge in [-0.05, 0) is 36.8 Å². The van der Waals surface area contributed by atoms with Crippen molar-refractivity contribution >= 4 is 35.3 Å². The summed E-state index contributed by atoms with van der Waals surface area (Å²) in [6.07, 6.45) is 8.02. The van der Waals surface area contributed by atoms with E-state index in [9.17, 15) is 4.79 Å². The number of aromatic nitrogens is 2. The number of hydrogen-bond donors (Lipinski definition) is 2. The number of aliphatic imine (C=N–C) groups is 1. The largest absolute Gasteiger partial charge is 0.397 e. The minimum Gasteiger partial charge on any atom is -0.397 e. The Hall–Kier alpha value is -3.16. The van der Waals surface area contributed by atoms with Crippen LogP contribution in [0, 0.1) is 11.8 Å². The molecule has 0 saturated heterocycles. The summed E-state index contributed by atoms with van der Waals surface area (Å²) < 4.78 is 0. The SMILES string of the molecule is CCCN(CC(C)C(C)CC)c1ccnc2c1CCN2C(=O)Nc1cc(C=NC)c(N)cn1. The first-order chi connectivity index (χ1) is 15.9. The van der Waals surface area contributed by atoms with Gasteiger partial charge in [0.25, 0.3) is 0 Å². The molecule has 1 aliphatic heterocycles. The van der Waals surface area contributed by atoms with Gasteiger partial charge in [-0.25, -0.2) is 14.8 Å². The molecule has 8 nitrogen and oxygen atoms in total. The summed E-state index contributed by atoms with van der Waals surface area (Å²) >= 11 is 0. The molecule has 3 rings (SSSR count). The molecule has 0 aliphatic carbocycles. The van der Waals surface area contributed by atoms with Crippen LogP contribution in [0.4, 0.5) is 27.8 Å². The molecule has 3 heterocycles. The fourth-order valence-electron chi connectivity index (χ4n) is 4.26. The minimum absolute atomic E-state index is 0.245. The second-order valence-electron chi connectivity index (χ2n) is 8.86. The van der Waals surface area contributed by atoms with Crippen LogP contribution >= 0.6 is 0 Å². The van der Waals surface area contributed by atoms with Crippen molar-refractivity contribution in [2.75, 3.05) is 47.5 Å². The van der Waals surface area contributed by atoms with Crippen molar-refractivity contribution in [3.05, 3.63) is 35.7 Å². The third-order valence-electron chi connectivity index (χ3n) is 6.52. The standard InChI is InChI=1S/C25H37N7O/c1-6-11-31(16-18(4)17(3)7-2)22-8-10-28-24-20(22)9-12-32(24)25(33)30-23-13-19(14-27-5)21(26)15-29-23/h8,10,13-15,17-18H,6-7,9,11-12,16,26H2,1-5H3,(H,29,30,33). The van der Waals surface area contributed by atoms with Gasteiger partial charge in [0.1, 0.15) is 11.6 Å². The van der Waals surface area contributed by atoms with Gasteiger partial charge in [-0.2, -0.15) is 0 Å². The number of fused-ring (bicyclic) bond motifs is 1. The molecule has 2 aromatic heterocycles. The number of urea groups is 1. The minimum atomic E-state index is -0.245. The van der Waals surface area contributed by atoms with Crippen LogP contribution < -0.4 is 20.9 Å². The van der Waals surface area contributed by atoms with Crippen LogP contribution in [0.1, 0.15) is 51.7 Å². The third kappa shape index (κ3) is 5.61. The van der Waals surface area contributed by atoms with Gasteiger partial charge < -0.3 is 10.6 Å². The van der Waals surface area contributed by atoms with Crippen molar-refractivity contribution in [1.82, 2.24) is 9.97 Å². The molecule has 2 aromatic rings. The van der Waals surface area contributed by atoms with Crippen molar-refractivity contribution in [2.45, 2.75) is 47.0 Å². The van der Waals surface area contributed by atoms with Crippen LogP contribution in [0.3, 0.4) is 0 Å². The highest BCUT2D eigenvalue weighted by molar-refractivity contribution is 6.03. The highest BCUT2D eigenvalue weighted by atomic mass is 16.2. The maximum Gasteiger partial charge on any atom is 0.328 e. The van der Waals surface area contributed by atoms with E-state index in [1.54, 1.807) is 24.2 Å². The van der Waals surface area contributed by atoms with E-state index in [1.165, 1.54) is 18.3 Å². The van der Waals surface area contributed by atoms with Gasteiger partial charge in [0.15, 0.2) is 0 Å². The van der Waals surface area contributed by atoms with E-state index >= 15 is 0 Å². The predicted molar refractivity (Wildman–Crippen MR) is 138 cm³/mol. The lowest BCUT2D eigenvalue weighted by molar-refractivity contribution is 0.257. The van der Waals surface area contributed by atoms with Crippen molar-refractivity contribution in [2.24, 2.45) is 16.8 Å². The Kier molecular flexibility index (Phi) is 8.25. The molecule has 0 fully saturated rings. The van der Waals surface area contributed by atoms with Gasteiger partial charge in [-0.3, -0.25) is 15.2 Å². The summed E-state index contributed by atoms with van der Waals surface area (Å²) in [4.78, 5) is 30.1. The van der Waals surface area contributed by atoms with E-state index in [2.05, 4.69) is 58.9 Å². The van der Waals surface area contributed by atoms with E-state index in [1.807, 2.05) is 6.20 Å². The van der Waals surface area contributed by atoms with Crippen molar-refractivity contribution in [3.8, 4) is 0 Å². The second-order valence-corrected chi connectivity index (χ2v) is 8.86. The molecular weight excluding hydrogens is 414 g/mol. The van der Waals surface area contributed by atoms with Crippen LogP contribution in [-0.2, 0) is 6.42 Å². The Morgan fingerprint density at radius 1 is 1.33 bits per heavy atom. The molecular formula is C25H37N7O. The van der Waals surface area contributed by atoms with Gasteiger partial charge in [0.2, 0.25) is 0 Å². The number of carbonyl (C=O) groups is 1. The van der Waals surface area contributed by atoms with Gasteiger partial charge in [0, 0.05) is 55.9 Å². The number of rotatable bonds is 9. The average molecular weight is 452 g/mol. The summed E-state index contributed by atoms with van der Waals surface area (Å²) in [7, 11) is 1.67. The molecule has 8 heteroatoms. The molecule has 178 valence electrons. The quantitative estimate of drug-likeness (QED) is 0.543. The third-order valence-corrected chi connectivity index (χ3v) is 6.52. The first-order valence-electron chi connectivity index (χ1n) is 11.9. The van der Waals surface area contributed by atoms with Crippen LogP contribution in [0.5, 0.6) is 0 Å². The number of carbonyl (C=O) groups excluding carboxylic acids is 1. The zero-order valence-electron chi connectivity index (χ0n) is 20.5. The maximum absolute atomic E-state index is 13.1. The Balaban J connectivity index is 1.82. The number of hydrogen-bond acceptors (Lipinski definition) is 6. The van der Waals surface area contributed by atoms with Crippen LogP contribution in [0.25, 0.3) is 0 Å². The summed E-state index contributed by atoms with van der Waals surface area (Å²) in [5.41, 5.74) is 9.50. The molecule has 2 amide bonds. The topological polar surface area (TPSA) is 99.7 Å². The number of nitrogens with zero attached hydrogens (tertiary/aromatic N) is 5. The molecule has 0 aromatic carbocycles. The highest BCUT2D eigenvalue weighted by Gasteiger charge is 2.30. The van der Waals surface area contributed by atoms with E-state index < -0.39 is 0 Å². The monoisotopic (exact) mass is 451 g/mol. The first-order valence-corrected chi connectivity index (χ1v) is 11.9. The molecule has 2 atom stereocenters. The smallest absolute Gasteiger partial charge is 0.328 e. The Morgan fingerprint density at radius 3 is 2.82 bits per heavy atom. The molecule has 1 aliphatic rings. The lowest BCUT2D eigenvalue weighted by Crippen LogP contribution is -2.34. The fraction of sp³-hybridized carbons (Fsp3) is 0.520. The average Bonchev–Trinajstić information content (AvgIpc) is 3.25. The van der Waals surface area contributed by atoms with Gasteiger partial charge >= 0.3 is 6.03 Å². The number of amides is 2. The van der Waals surface area contributed by atoms with E-state index in [-0.39, 0.29) is 6.03 Å². The van der Waals surface area contributed by atoms with E-state index in [0.29, 0.717) is 29.9 Å². The van der Waals surface area contributed by atoms with Crippen molar-refractivity contribution in [1.29, 1.82) is 0 Å². The van der Waals surface area contributed by atoms with Gasteiger partial charge in [0.05, 0.1) is 11.9 Å². The zero-order valence-corrected chi connectivity index (χ0v) is 20.5. The zero-order chi connectivity index (χ0) is 24.0. The number of anilines is 4. The lowest BCUT2D eigenvalue weighted by atomic mass is 9.92. The van der Waals surface area contributed by atoms with Gasteiger partial charge in [-0.15, -0.1) is 0 Å². The molecule has 2 unspecified atom stereocenters. The maximum atomic E-state index is 13.1.